The van der Waals surface area contributed by atoms with Crippen molar-refractivity contribution < 1.29 is 13.2 Å². The lowest BCUT2D eigenvalue weighted by Crippen LogP contribution is -2.35. The highest BCUT2D eigenvalue weighted by Crippen LogP contribution is 2.26. The number of fused-ring (bicyclic) bond motifs is 2. The van der Waals surface area contributed by atoms with Crippen LogP contribution < -0.4 is 9.64 Å². The van der Waals surface area contributed by atoms with E-state index >= 15 is 0 Å². The predicted molar refractivity (Wildman–Crippen MR) is 124 cm³/mol. The van der Waals surface area contributed by atoms with E-state index in [2.05, 4.69) is 32.6 Å². The van der Waals surface area contributed by atoms with Crippen LogP contribution in [-0.2, 0) is 49.1 Å². The first-order chi connectivity index (χ1) is 15.9. The Morgan fingerprint density at radius 1 is 1.06 bits per heavy atom. The summed E-state index contributed by atoms with van der Waals surface area (Å²) in [4.78, 5) is 15.9. The fourth-order valence-corrected chi connectivity index (χ4v) is 5.08. The third-order valence-corrected chi connectivity index (χ3v) is 7.50. The Morgan fingerprint density at radius 3 is 2.64 bits per heavy atom. The van der Waals surface area contributed by atoms with Crippen LogP contribution in [0.15, 0.2) is 36.8 Å². The largest absolute Gasteiger partial charge is 0.487 e. The molecule has 33 heavy (non-hydrogen) atoms. The van der Waals surface area contributed by atoms with E-state index in [1.54, 1.807) is 0 Å². The van der Waals surface area contributed by atoms with Gasteiger partial charge in [-0.25, -0.2) is 23.4 Å². The van der Waals surface area contributed by atoms with Gasteiger partial charge in [0.25, 0.3) is 0 Å². The molecule has 4 heterocycles. The summed E-state index contributed by atoms with van der Waals surface area (Å²) >= 11 is 0. The van der Waals surface area contributed by atoms with Crippen LogP contribution in [0.3, 0.4) is 0 Å². The second-order valence-electron chi connectivity index (χ2n) is 8.57. The fourth-order valence-electron chi connectivity index (χ4n) is 4.28. The van der Waals surface area contributed by atoms with E-state index in [1.807, 2.05) is 30.6 Å². The van der Waals surface area contributed by atoms with Gasteiger partial charge in [-0.05, 0) is 41.7 Å². The van der Waals surface area contributed by atoms with E-state index in [0.29, 0.717) is 32.7 Å². The van der Waals surface area contributed by atoms with Gasteiger partial charge in [0.05, 0.1) is 18.5 Å². The highest BCUT2D eigenvalue weighted by molar-refractivity contribution is 7.88. The molecule has 174 valence electrons. The monoisotopic (exact) mass is 468 g/mol. The second-order valence-corrected chi connectivity index (χ2v) is 10.6. The number of nitrogens with zero attached hydrogens (tertiary/aromatic N) is 6. The van der Waals surface area contributed by atoms with E-state index < -0.39 is 10.0 Å². The molecule has 0 saturated heterocycles. The number of hydrogen-bond donors (Lipinski definition) is 0. The summed E-state index contributed by atoms with van der Waals surface area (Å²) in [7, 11) is -3.17. The SMILES string of the molecule is CCc1cnc(N2CCn3cc(COc4ccc5c(c4)CCN(S(C)(=O)=O)C5)nc3C2)nc1. The minimum Gasteiger partial charge on any atom is -0.487 e. The van der Waals surface area contributed by atoms with Crippen molar-refractivity contribution in [3.8, 4) is 5.75 Å². The molecule has 2 aliphatic heterocycles. The van der Waals surface area contributed by atoms with E-state index in [9.17, 15) is 8.42 Å². The van der Waals surface area contributed by atoms with Gasteiger partial charge in [0.2, 0.25) is 16.0 Å². The van der Waals surface area contributed by atoms with Gasteiger partial charge in [-0.15, -0.1) is 0 Å². The third kappa shape index (κ3) is 4.72. The number of aromatic nitrogens is 4. The normalized spacial score (nSPS) is 16.4. The topological polar surface area (TPSA) is 93.5 Å². The number of anilines is 1. The van der Waals surface area contributed by atoms with Crippen LogP contribution in [0, 0.1) is 0 Å². The molecular formula is C23H28N6O3S. The van der Waals surface area contributed by atoms with Crippen molar-refractivity contribution in [2.45, 2.75) is 46.0 Å². The average molecular weight is 469 g/mol. The molecular weight excluding hydrogens is 440 g/mol. The summed E-state index contributed by atoms with van der Waals surface area (Å²) in [6.07, 6.45) is 8.71. The second kappa shape index (κ2) is 8.75. The van der Waals surface area contributed by atoms with E-state index in [-0.39, 0.29) is 0 Å². The highest BCUT2D eigenvalue weighted by atomic mass is 32.2. The Labute approximate surface area is 194 Å². The number of aryl methyl sites for hydroxylation is 1. The van der Waals surface area contributed by atoms with Gasteiger partial charge in [0.15, 0.2) is 0 Å². The molecule has 0 N–H and O–H groups in total. The van der Waals surface area contributed by atoms with Gasteiger partial charge >= 0.3 is 0 Å². The van der Waals surface area contributed by atoms with Crippen molar-refractivity contribution in [3.05, 3.63) is 65.0 Å². The molecule has 1 aromatic carbocycles. The highest BCUT2D eigenvalue weighted by Gasteiger charge is 2.24. The maximum atomic E-state index is 11.8. The third-order valence-electron chi connectivity index (χ3n) is 6.25. The van der Waals surface area contributed by atoms with Crippen LogP contribution in [0.25, 0.3) is 0 Å². The number of benzene rings is 1. The molecule has 0 atom stereocenters. The zero-order chi connectivity index (χ0) is 23.0. The molecule has 2 aliphatic rings. The number of sulfonamides is 1. The molecule has 0 radical (unpaired) electrons. The first-order valence-corrected chi connectivity index (χ1v) is 13.0. The zero-order valence-corrected chi connectivity index (χ0v) is 19.8. The summed E-state index contributed by atoms with van der Waals surface area (Å²) in [6.45, 7) is 5.74. The Balaban J connectivity index is 1.22. The summed E-state index contributed by atoms with van der Waals surface area (Å²) in [5, 5.41) is 0. The smallest absolute Gasteiger partial charge is 0.225 e. The van der Waals surface area contributed by atoms with Crippen molar-refractivity contribution in [2.24, 2.45) is 0 Å². The van der Waals surface area contributed by atoms with Crippen molar-refractivity contribution in [1.29, 1.82) is 0 Å². The molecule has 0 fully saturated rings. The van der Waals surface area contributed by atoms with E-state index in [0.717, 1.165) is 59.4 Å². The Hall–Kier alpha value is -2.98. The lowest BCUT2D eigenvalue weighted by atomic mass is 10.0. The van der Waals surface area contributed by atoms with Crippen LogP contribution in [-0.4, -0.2) is 51.6 Å². The fraction of sp³-hybridized carbons (Fsp3) is 0.435. The minimum atomic E-state index is -3.17. The van der Waals surface area contributed by atoms with Crippen molar-refractivity contribution in [2.75, 3.05) is 24.2 Å². The maximum Gasteiger partial charge on any atom is 0.225 e. The Kier molecular flexibility index (Phi) is 5.79. The first kappa shape index (κ1) is 21.8. The van der Waals surface area contributed by atoms with Gasteiger partial charge in [0, 0.05) is 44.8 Å². The standard InChI is InChI=1S/C23H28N6O3S/c1-3-17-11-24-23(25-12-17)28-9-8-27-14-20(26-22(27)15-28)16-32-21-5-4-19-13-29(33(2,30)31)7-6-18(19)10-21/h4-5,10-12,14H,3,6-9,13,15-16H2,1-2H3. The molecule has 0 aliphatic carbocycles. The van der Waals surface area contributed by atoms with Crippen LogP contribution in [0.4, 0.5) is 5.95 Å². The molecule has 0 bridgehead atoms. The zero-order valence-electron chi connectivity index (χ0n) is 18.9. The van der Waals surface area contributed by atoms with Crippen LogP contribution in [0.5, 0.6) is 5.75 Å². The average Bonchev–Trinajstić information content (AvgIpc) is 3.24. The molecule has 3 aromatic rings. The minimum absolute atomic E-state index is 0.385. The van der Waals surface area contributed by atoms with Crippen molar-refractivity contribution >= 4 is 16.0 Å². The molecule has 5 rings (SSSR count). The van der Waals surface area contributed by atoms with Gasteiger partial charge < -0.3 is 14.2 Å². The number of imidazole rings is 1. The number of ether oxygens (including phenoxy) is 1. The van der Waals surface area contributed by atoms with Crippen molar-refractivity contribution in [3.63, 3.8) is 0 Å². The number of rotatable bonds is 6. The summed E-state index contributed by atoms with van der Waals surface area (Å²) in [6, 6.07) is 5.88. The lowest BCUT2D eigenvalue weighted by Gasteiger charge is -2.27. The lowest BCUT2D eigenvalue weighted by molar-refractivity contribution is 0.300. The van der Waals surface area contributed by atoms with Crippen molar-refractivity contribution in [1.82, 2.24) is 23.8 Å². The molecule has 2 aromatic heterocycles. The Bertz CT molecular complexity index is 1260. The van der Waals surface area contributed by atoms with Crippen LogP contribution >= 0.6 is 0 Å². The molecule has 9 nitrogen and oxygen atoms in total. The molecule has 0 saturated carbocycles. The van der Waals surface area contributed by atoms with Crippen LogP contribution in [0.2, 0.25) is 0 Å². The molecule has 0 spiro atoms. The van der Waals surface area contributed by atoms with E-state index in [1.165, 1.54) is 10.6 Å². The summed E-state index contributed by atoms with van der Waals surface area (Å²) in [5.74, 6) is 2.50. The first-order valence-electron chi connectivity index (χ1n) is 11.2. The molecule has 0 unspecified atom stereocenters. The van der Waals surface area contributed by atoms with E-state index in [4.69, 9.17) is 9.72 Å². The Morgan fingerprint density at radius 2 is 1.88 bits per heavy atom. The van der Waals surface area contributed by atoms with Gasteiger partial charge in [0.1, 0.15) is 18.2 Å². The van der Waals surface area contributed by atoms with Gasteiger partial charge in [-0.3, -0.25) is 0 Å². The summed E-state index contributed by atoms with van der Waals surface area (Å²) in [5.41, 5.74) is 4.19. The van der Waals surface area contributed by atoms with Gasteiger partial charge in [-0.1, -0.05) is 13.0 Å². The number of hydrogen-bond acceptors (Lipinski definition) is 7. The quantitative estimate of drug-likeness (QED) is 0.547. The summed E-state index contributed by atoms with van der Waals surface area (Å²) < 4.78 is 33.3. The van der Waals surface area contributed by atoms with Crippen LogP contribution in [0.1, 0.15) is 35.1 Å². The molecule has 10 heteroatoms. The maximum absolute atomic E-state index is 11.8. The molecule has 0 amide bonds. The predicted octanol–water partition coefficient (Wildman–Crippen LogP) is 2.15. The van der Waals surface area contributed by atoms with Gasteiger partial charge in [-0.2, -0.15) is 4.31 Å².